The van der Waals surface area contributed by atoms with Crippen molar-refractivity contribution in [2.24, 2.45) is 4.99 Å². The Kier molecular flexibility index (Phi) is 7.43. The van der Waals surface area contributed by atoms with Crippen molar-refractivity contribution in [3.8, 4) is 0 Å². The second-order valence-electron chi connectivity index (χ2n) is 6.10. The topological polar surface area (TPSA) is 60.7 Å². The third-order valence-corrected chi connectivity index (χ3v) is 6.11. The fraction of sp³-hybridized carbons (Fsp3) is 0.227. The molecule has 29 heavy (non-hydrogen) atoms. The number of fused-ring (bicyclic) bond motifs is 1. The summed E-state index contributed by atoms with van der Waals surface area (Å²) in [6.45, 7) is 6.43. The molecule has 0 bridgehead atoms. The second-order valence-corrected chi connectivity index (χ2v) is 8.28. The molecule has 0 atom stereocenters. The summed E-state index contributed by atoms with van der Waals surface area (Å²) in [6.07, 6.45) is 2.12. The minimum Gasteiger partial charge on any atom is -0.462 e. The maximum absolute atomic E-state index is 12.4. The highest BCUT2D eigenvalue weighted by Crippen LogP contribution is 2.21. The molecule has 0 aliphatic carbocycles. The van der Waals surface area contributed by atoms with Crippen molar-refractivity contribution in [2.75, 3.05) is 12.4 Å². The lowest BCUT2D eigenvalue weighted by molar-refractivity contribution is -0.117. The van der Waals surface area contributed by atoms with Gasteiger partial charge in [-0.25, -0.2) is 4.79 Å². The van der Waals surface area contributed by atoms with Crippen LogP contribution in [0.3, 0.4) is 0 Å². The maximum atomic E-state index is 12.4. The first-order valence-corrected chi connectivity index (χ1v) is 11.1. The predicted molar refractivity (Wildman–Crippen MR) is 118 cm³/mol. The van der Waals surface area contributed by atoms with Crippen LogP contribution < -0.4 is 4.80 Å². The van der Waals surface area contributed by atoms with Gasteiger partial charge in [0.2, 0.25) is 5.91 Å². The van der Waals surface area contributed by atoms with E-state index < -0.39 is 0 Å². The van der Waals surface area contributed by atoms with Gasteiger partial charge in [0.25, 0.3) is 0 Å². The number of rotatable bonds is 8. The van der Waals surface area contributed by atoms with Crippen LogP contribution in [0.15, 0.2) is 71.1 Å². The number of aromatic nitrogens is 1. The van der Waals surface area contributed by atoms with Gasteiger partial charge in [0.05, 0.1) is 22.4 Å². The smallest absolute Gasteiger partial charge is 0.338 e. The Morgan fingerprint density at radius 1 is 1.24 bits per heavy atom. The van der Waals surface area contributed by atoms with Gasteiger partial charge in [0.1, 0.15) is 0 Å². The molecule has 1 aromatic heterocycles. The zero-order chi connectivity index (χ0) is 20.6. The molecule has 0 saturated heterocycles. The van der Waals surface area contributed by atoms with E-state index in [1.165, 1.54) is 11.3 Å². The van der Waals surface area contributed by atoms with Crippen LogP contribution in [0.5, 0.6) is 0 Å². The molecule has 150 valence electrons. The van der Waals surface area contributed by atoms with Gasteiger partial charge in [-0.2, -0.15) is 4.99 Å². The average molecular weight is 427 g/mol. The van der Waals surface area contributed by atoms with Gasteiger partial charge >= 0.3 is 5.97 Å². The zero-order valence-corrected chi connectivity index (χ0v) is 17.8. The normalized spacial score (nSPS) is 11.6. The molecule has 0 spiro atoms. The molecule has 1 heterocycles. The first kappa shape index (κ1) is 21.1. The van der Waals surface area contributed by atoms with Crippen LogP contribution in [-0.2, 0) is 16.1 Å². The molecule has 7 heteroatoms. The van der Waals surface area contributed by atoms with Gasteiger partial charge in [-0.05, 0) is 37.3 Å². The van der Waals surface area contributed by atoms with Gasteiger partial charge in [-0.1, -0.05) is 35.6 Å². The number of hydrogen-bond donors (Lipinski definition) is 0. The van der Waals surface area contributed by atoms with E-state index in [4.69, 9.17) is 4.74 Å². The van der Waals surface area contributed by atoms with Crippen molar-refractivity contribution in [2.45, 2.75) is 24.8 Å². The Balaban J connectivity index is 1.82. The van der Waals surface area contributed by atoms with Crippen LogP contribution >= 0.6 is 23.1 Å². The molecule has 0 aliphatic rings. The minimum absolute atomic E-state index is 0.164. The monoisotopic (exact) mass is 426 g/mol. The standard InChI is InChI=1S/C22H22N2O3S2/c1-3-13-24-18-11-10-16(21(26)27-4-2)15-19(18)29-22(24)23-20(25)12-14-28-17-8-6-5-7-9-17/h3,5-11,15H,1,4,12-14H2,2H3. The molecule has 3 rings (SSSR count). The Bertz CT molecular complexity index is 1080. The molecule has 2 aromatic carbocycles. The molecule has 5 nitrogen and oxygen atoms in total. The summed E-state index contributed by atoms with van der Waals surface area (Å²) in [4.78, 5) is 30.5. The largest absolute Gasteiger partial charge is 0.462 e. The number of thiazole rings is 1. The molecule has 1 amide bonds. The van der Waals surface area contributed by atoms with Crippen molar-refractivity contribution < 1.29 is 14.3 Å². The molecule has 0 fully saturated rings. The van der Waals surface area contributed by atoms with Crippen molar-refractivity contribution in [1.82, 2.24) is 4.57 Å². The summed E-state index contributed by atoms with van der Waals surface area (Å²) in [5.41, 5.74) is 1.40. The van der Waals surface area contributed by atoms with E-state index in [0.717, 1.165) is 15.1 Å². The van der Waals surface area contributed by atoms with E-state index in [-0.39, 0.29) is 11.9 Å². The van der Waals surface area contributed by atoms with Crippen LogP contribution in [0.2, 0.25) is 0 Å². The van der Waals surface area contributed by atoms with Crippen LogP contribution in [0.4, 0.5) is 0 Å². The van der Waals surface area contributed by atoms with Crippen molar-refractivity contribution in [1.29, 1.82) is 0 Å². The summed E-state index contributed by atoms with van der Waals surface area (Å²) in [7, 11) is 0. The van der Waals surface area contributed by atoms with E-state index in [0.29, 0.717) is 35.7 Å². The molecule has 0 unspecified atom stereocenters. The van der Waals surface area contributed by atoms with E-state index in [1.807, 2.05) is 41.0 Å². The molecular weight excluding hydrogens is 404 g/mol. The maximum Gasteiger partial charge on any atom is 0.338 e. The average Bonchev–Trinajstić information content (AvgIpc) is 3.05. The number of amides is 1. The van der Waals surface area contributed by atoms with Gasteiger partial charge in [-0.15, -0.1) is 18.3 Å². The Hall–Kier alpha value is -2.64. The minimum atomic E-state index is -0.356. The molecule has 0 radical (unpaired) electrons. The first-order chi connectivity index (χ1) is 14.1. The van der Waals surface area contributed by atoms with Gasteiger partial charge in [0, 0.05) is 23.6 Å². The zero-order valence-electron chi connectivity index (χ0n) is 16.2. The van der Waals surface area contributed by atoms with Crippen LogP contribution in [0.25, 0.3) is 10.2 Å². The van der Waals surface area contributed by atoms with E-state index in [2.05, 4.69) is 11.6 Å². The number of carbonyl (C=O) groups excluding carboxylic acids is 2. The van der Waals surface area contributed by atoms with E-state index in [9.17, 15) is 9.59 Å². The van der Waals surface area contributed by atoms with Crippen LogP contribution in [0, 0.1) is 0 Å². The second kappa shape index (κ2) is 10.2. The van der Waals surface area contributed by atoms with E-state index in [1.54, 1.807) is 36.9 Å². The third kappa shape index (κ3) is 5.46. The summed E-state index contributed by atoms with van der Waals surface area (Å²) >= 11 is 3.02. The highest BCUT2D eigenvalue weighted by molar-refractivity contribution is 7.99. The Morgan fingerprint density at radius 2 is 2.03 bits per heavy atom. The van der Waals surface area contributed by atoms with Gasteiger partial charge < -0.3 is 9.30 Å². The molecule has 3 aromatic rings. The van der Waals surface area contributed by atoms with Gasteiger partial charge in [0.15, 0.2) is 4.80 Å². The number of thioether (sulfide) groups is 1. The van der Waals surface area contributed by atoms with Gasteiger partial charge in [-0.3, -0.25) is 4.79 Å². The summed E-state index contributed by atoms with van der Waals surface area (Å²) < 4.78 is 7.88. The summed E-state index contributed by atoms with van der Waals surface area (Å²) in [5, 5.41) is 0. The molecule has 0 aliphatic heterocycles. The van der Waals surface area contributed by atoms with Crippen molar-refractivity contribution in [3.63, 3.8) is 0 Å². The molecule has 0 N–H and O–H groups in total. The summed E-state index contributed by atoms with van der Waals surface area (Å²) in [6, 6.07) is 15.4. The van der Waals surface area contributed by atoms with Crippen LogP contribution in [0.1, 0.15) is 23.7 Å². The van der Waals surface area contributed by atoms with Crippen molar-refractivity contribution in [3.05, 3.63) is 71.6 Å². The lowest BCUT2D eigenvalue weighted by Crippen LogP contribution is -2.16. The third-order valence-electron chi connectivity index (χ3n) is 4.05. The quantitative estimate of drug-likeness (QED) is 0.298. The number of benzene rings is 2. The lowest BCUT2D eigenvalue weighted by Gasteiger charge is -2.03. The lowest BCUT2D eigenvalue weighted by atomic mass is 10.2. The van der Waals surface area contributed by atoms with Crippen molar-refractivity contribution >= 4 is 45.2 Å². The number of esters is 1. The number of allylic oxidation sites excluding steroid dienone is 1. The molecular formula is C22H22N2O3S2. The fourth-order valence-corrected chi connectivity index (χ4v) is 4.70. The Morgan fingerprint density at radius 3 is 2.76 bits per heavy atom. The number of hydrogen-bond acceptors (Lipinski definition) is 5. The SMILES string of the molecule is C=CCn1c(=NC(=O)CCSc2ccccc2)sc2cc(C(=O)OCC)ccc21. The van der Waals surface area contributed by atoms with E-state index >= 15 is 0 Å². The molecule has 0 saturated carbocycles. The number of nitrogens with zero attached hydrogens (tertiary/aromatic N) is 2. The Labute approximate surface area is 177 Å². The highest BCUT2D eigenvalue weighted by atomic mass is 32.2. The number of ether oxygens (including phenoxy) is 1. The highest BCUT2D eigenvalue weighted by Gasteiger charge is 2.12. The summed E-state index contributed by atoms with van der Waals surface area (Å²) in [5.74, 6) is 0.153. The predicted octanol–water partition coefficient (Wildman–Crippen LogP) is 4.68. The number of carbonyl (C=O) groups is 2. The fourth-order valence-electron chi connectivity index (χ4n) is 2.74. The first-order valence-electron chi connectivity index (χ1n) is 9.29. The van der Waals surface area contributed by atoms with Crippen LogP contribution in [-0.4, -0.2) is 28.8 Å².